The van der Waals surface area contributed by atoms with E-state index in [1.165, 1.54) is 37.1 Å². The van der Waals surface area contributed by atoms with E-state index in [4.69, 9.17) is 21.1 Å². The Labute approximate surface area is 194 Å². The lowest BCUT2D eigenvalue weighted by Gasteiger charge is -2.34. The third kappa shape index (κ3) is 4.57. The molecule has 0 radical (unpaired) electrons. The molecule has 5 rings (SSSR count). The van der Waals surface area contributed by atoms with Gasteiger partial charge in [0, 0.05) is 35.0 Å². The molecule has 32 heavy (non-hydrogen) atoms. The van der Waals surface area contributed by atoms with Gasteiger partial charge in [-0.1, -0.05) is 41.9 Å². The highest BCUT2D eigenvalue weighted by atomic mass is 35.5. The Morgan fingerprint density at radius 2 is 1.66 bits per heavy atom. The predicted molar refractivity (Wildman–Crippen MR) is 127 cm³/mol. The molecule has 3 aromatic carbocycles. The van der Waals surface area contributed by atoms with Gasteiger partial charge in [-0.2, -0.15) is 0 Å². The molecule has 166 valence electrons. The van der Waals surface area contributed by atoms with Gasteiger partial charge in [0.2, 0.25) is 0 Å². The van der Waals surface area contributed by atoms with Gasteiger partial charge in [0.1, 0.15) is 23.9 Å². The topological polar surface area (TPSA) is 41.9 Å². The van der Waals surface area contributed by atoms with Crippen molar-refractivity contribution in [3.05, 3.63) is 88.4 Å². The number of likely N-dealkylation sites (tertiary alicyclic amines) is 1. The zero-order chi connectivity index (χ0) is 21.9. The molecule has 4 nitrogen and oxygen atoms in total. The van der Waals surface area contributed by atoms with Crippen LogP contribution in [-0.2, 0) is 0 Å². The van der Waals surface area contributed by atoms with Gasteiger partial charge in [0.05, 0.1) is 6.61 Å². The molecule has 0 aromatic heterocycles. The number of fused-ring (bicyclic) bond motifs is 1. The molecule has 2 atom stereocenters. The molecule has 2 aliphatic rings. The molecular formula is C27H28ClNO3. The first-order valence-electron chi connectivity index (χ1n) is 11.3. The smallest absolute Gasteiger partial charge is 0.126 e. The largest absolute Gasteiger partial charge is 0.508 e. The van der Waals surface area contributed by atoms with Crippen LogP contribution in [0.2, 0.25) is 5.02 Å². The molecule has 0 aliphatic carbocycles. The van der Waals surface area contributed by atoms with Crippen molar-refractivity contribution in [1.29, 1.82) is 0 Å². The number of hydrogen-bond donors (Lipinski definition) is 1. The van der Waals surface area contributed by atoms with Crippen molar-refractivity contribution >= 4 is 11.6 Å². The van der Waals surface area contributed by atoms with Gasteiger partial charge in [-0.3, -0.25) is 4.90 Å². The van der Waals surface area contributed by atoms with Crippen LogP contribution in [0.3, 0.4) is 0 Å². The Morgan fingerprint density at radius 3 is 2.41 bits per heavy atom. The lowest BCUT2D eigenvalue weighted by molar-refractivity contribution is 0.237. The summed E-state index contributed by atoms with van der Waals surface area (Å²) in [7, 11) is 0. The second-order valence-corrected chi connectivity index (χ2v) is 9.07. The summed E-state index contributed by atoms with van der Waals surface area (Å²) in [6.45, 7) is 4.61. The molecule has 1 saturated heterocycles. The lowest BCUT2D eigenvalue weighted by atomic mass is 9.76. The van der Waals surface area contributed by atoms with Gasteiger partial charge in [0.15, 0.2) is 0 Å². The zero-order valence-corrected chi connectivity index (χ0v) is 18.8. The van der Waals surface area contributed by atoms with E-state index in [0.717, 1.165) is 28.6 Å². The third-order valence-electron chi connectivity index (χ3n) is 6.57. The fraction of sp³-hybridized carbons (Fsp3) is 0.333. The molecule has 0 bridgehead atoms. The number of benzene rings is 3. The van der Waals surface area contributed by atoms with Gasteiger partial charge in [0.25, 0.3) is 0 Å². The fourth-order valence-corrected chi connectivity index (χ4v) is 5.00. The van der Waals surface area contributed by atoms with E-state index in [1.807, 2.05) is 18.2 Å². The van der Waals surface area contributed by atoms with Crippen LogP contribution in [0.15, 0.2) is 66.7 Å². The van der Waals surface area contributed by atoms with Crippen molar-refractivity contribution in [2.75, 3.05) is 32.8 Å². The normalized spacial score (nSPS) is 20.5. The van der Waals surface area contributed by atoms with Gasteiger partial charge in [-0.05, 0) is 67.4 Å². The molecule has 0 amide bonds. The number of rotatable bonds is 6. The number of ether oxygens (including phenoxy) is 2. The number of hydrogen-bond acceptors (Lipinski definition) is 4. The van der Waals surface area contributed by atoms with Crippen molar-refractivity contribution < 1.29 is 14.6 Å². The summed E-state index contributed by atoms with van der Waals surface area (Å²) < 4.78 is 12.1. The second kappa shape index (κ2) is 9.43. The quantitative estimate of drug-likeness (QED) is 0.514. The molecule has 2 aliphatic heterocycles. The van der Waals surface area contributed by atoms with Crippen LogP contribution < -0.4 is 9.47 Å². The number of aromatic hydroxyl groups is 1. The maximum Gasteiger partial charge on any atom is 0.126 e. The highest BCUT2D eigenvalue weighted by molar-refractivity contribution is 6.30. The van der Waals surface area contributed by atoms with Crippen molar-refractivity contribution in [1.82, 2.24) is 4.90 Å². The van der Waals surface area contributed by atoms with Crippen molar-refractivity contribution in [3.8, 4) is 17.2 Å². The maximum atomic E-state index is 9.94. The summed E-state index contributed by atoms with van der Waals surface area (Å²) in [5, 5.41) is 10.7. The summed E-state index contributed by atoms with van der Waals surface area (Å²) in [4.78, 5) is 2.46. The van der Waals surface area contributed by atoms with Crippen LogP contribution in [-0.4, -0.2) is 42.9 Å². The van der Waals surface area contributed by atoms with Gasteiger partial charge < -0.3 is 14.6 Å². The highest BCUT2D eigenvalue weighted by Gasteiger charge is 2.33. The highest BCUT2D eigenvalue weighted by Crippen LogP contribution is 2.47. The minimum absolute atomic E-state index is 0.110. The first-order valence-corrected chi connectivity index (χ1v) is 11.7. The second-order valence-electron chi connectivity index (χ2n) is 8.64. The summed E-state index contributed by atoms with van der Waals surface area (Å²) in [5.74, 6) is 2.11. The summed E-state index contributed by atoms with van der Waals surface area (Å²) in [6, 6.07) is 21.8. The molecule has 0 spiro atoms. The van der Waals surface area contributed by atoms with Crippen LogP contribution in [0.4, 0.5) is 0 Å². The van der Waals surface area contributed by atoms with E-state index in [0.29, 0.717) is 13.2 Å². The van der Waals surface area contributed by atoms with E-state index >= 15 is 0 Å². The predicted octanol–water partition coefficient (Wildman–Crippen LogP) is 5.83. The average molecular weight is 450 g/mol. The van der Waals surface area contributed by atoms with Crippen molar-refractivity contribution in [2.45, 2.75) is 24.7 Å². The molecule has 5 heteroatoms. The van der Waals surface area contributed by atoms with E-state index < -0.39 is 0 Å². The monoisotopic (exact) mass is 449 g/mol. The lowest BCUT2D eigenvalue weighted by Crippen LogP contribution is -2.25. The minimum atomic E-state index is 0.110. The van der Waals surface area contributed by atoms with Gasteiger partial charge >= 0.3 is 0 Å². The van der Waals surface area contributed by atoms with E-state index in [1.54, 1.807) is 12.1 Å². The van der Waals surface area contributed by atoms with Crippen LogP contribution in [0.25, 0.3) is 0 Å². The average Bonchev–Trinajstić information content (AvgIpc) is 3.33. The first kappa shape index (κ1) is 21.2. The minimum Gasteiger partial charge on any atom is -0.508 e. The van der Waals surface area contributed by atoms with Gasteiger partial charge in [-0.25, -0.2) is 0 Å². The number of halogens is 1. The van der Waals surface area contributed by atoms with Crippen LogP contribution in [0.5, 0.6) is 17.2 Å². The SMILES string of the molecule is Oc1ccc2c(c1)OCC(c1ccc(Cl)cc1)C2c1ccc(OCCN2CCCC2)cc1. The van der Waals surface area contributed by atoms with Crippen molar-refractivity contribution in [2.24, 2.45) is 0 Å². The number of phenolic OH excluding ortho intramolecular Hbond substituents is 1. The molecule has 0 saturated carbocycles. The van der Waals surface area contributed by atoms with Crippen LogP contribution >= 0.6 is 11.6 Å². The molecule has 2 unspecified atom stereocenters. The Balaban J connectivity index is 1.39. The summed E-state index contributed by atoms with van der Waals surface area (Å²) in [6.07, 6.45) is 2.60. The van der Waals surface area contributed by atoms with Crippen LogP contribution in [0, 0.1) is 0 Å². The van der Waals surface area contributed by atoms with E-state index in [2.05, 4.69) is 41.3 Å². The van der Waals surface area contributed by atoms with Gasteiger partial charge in [-0.15, -0.1) is 0 Å². The molecule has 2 heterocycles. The maximum absolute atomic E-state index is 9.94. The Kier molecular flexibility index (Phi) is 6.24. The zero-order valence-electron chi connectivity index (χ0n) is 18.0. The first-order chi connectivity index (χ1) is 15.7. The molecule has 1 fully saturated rings. The Morgan fingerprint density at radius 1 is 0.938 bits per heavy atom. The standard InChI is InChI=1S/C27H28ClNO3/c28-21-7-3-19(4-8-21)25-18-32-26-17-22(30)9-12-24(26)27(25)20-5-10-23(11-6-20)31-16-15-29-13-1-2-14-29/h3-12,17,25,27,30H,1-2,13-16,18H2. The molecule has 3 aromatic rings. The Bertz CT molecular complexity index is 1050. The van der Waals surface area contributed by atoms with E-state index in [9.17, 15) is 5.11 Å². The molecular weight excluding hydrogens is 422 g/mol. The van der Waals surface area contributed by atoms with Crippen LogP contribution in [0.1, 0.15) is 41.4 Å². The fourth-order valence-electron chi connectivity index (χ4n) is 4.88. The summed E-state index contributed by atoms with van der Waals surface area (Å²) in [5.41, 5.74) is 3.47. The molecule has 1 N–H and O–H groups in total. The number of phenols is 1. The third-order valence-corrected chi connectivity index (χ3v) is 6.82. The van der Waals surface area contributed by atoms with Crippen molar-refractivity contribution in [3.63, 3.8) is 0 Å². The number of nitrogens with zero attached hydrogens (tertiary/aromatic N) is 1. The Hall–Kier alpha value is -2.69. The summed E-state index contributed by atoms with van der Waals surface area (Å²) >= 11 is 6.13. The van der Waals surface area contributed by atoms with E-state index in [-0.39, 0.29) is 17.6 Å².